The van der Waals surface area contributed by atoms with Gasteiger partial charge in [-0.25, -0.2) is 4.99 Å². The molecule has 0 unspecified atom stereocenters. The second kappa shape index (κ2) is 4.91. The third-order valence-corrected chi connectivity index (χ3v) is 3.15. The molecule has 0 fully saturated rings. The van der Waals surface area contributed by atoms with Gasteiger partial charge in [0.25, 0.3) is 0 Å². The lowest BCUT2D eigenvalue weighted by Crippen LogP contribution is -2.11. The predicted molar refractivity (Wildman–Crippen MR) is 73.9 cm³/mol. The molecule has 0 saturated heterocycles. The molecule has 0 aliphatic carbocycles. The zero-order valence-corrected chi connectivity index (χ0v) is 11.5. The Hall–Kier alpha value is -0.960. The summed E-state index contributed by atoms with van der Waals surface area (Å²) in [7, 11) is 0. The molecule has 1 aromatic heterocycles. The Balaban J connectivity index is 3.14. The van der Waals surface area contributed by atoms with Gasteiger partial charge in [-0.1, -0.05) is 34.6 Å². The zero-order valence-electron chi connectivity index (χ0n) is 10.7. The Morgan fingerprint density at radius 1 is 1.38 bits per heavy atom. The third kappa shape index (κ3) is 3.01. The van der Waals surface area contributed by atoms with E-state index in [4.69, 9.17) is 5.41 Å². The largest absolute Gasteiger partial charge is 0.308 e. The van der Waals surface area contributed by atoms with Crippen LogP contribution in [0, 0.1) is 11.3 Å². The van der Waals surface area contributed by atoms with Crippen LogP contribution in [0.4, 0.5) is 5.00 Å². The standard InChI is InChI=1S/C13H20N2S/c1-9(2)7-15-12-10(6-14)11(8-16-12)13(3,4)5/h6-9,14H,1-5H3/b14-6?,15-7-. The maximum Gasteiger partial charge on any atom is 0.124 e. The van der Waals surface area contributed by atoms with Gasteiger partial charge in [0.2, 0.25) is 0 Å². The summed E-state index contributed by atoms with van der Waals surface area (Å²) in [5.41, 5.74) is 2.26. The molecule has 2 nitrogen and oxygen atoms in total. The van der Waals surface area contributed by atoms with E-state index in [1.165, 1.54) is 11.8 Å². The minimum Gasteiger partial charge on any atom is -0.308 e. The Labute approximate surface area is 102 Å². The lowest BCUT2D eigenvalue weighted by molar-refractivity contribution is 0.592. The van der Waals surface area contributed by atoms with Gasteiger partial charge in [-0.05, 0) is 22.3 Å². The summed E-state index contributed by atoms with van der Waals surface area (Å²) < 4.78 is 0. The summed E-state index contributed by atoms with van der Waals surface area (Å²) in [4.78, 5) is 4.45. The van der Waals surface area contributed by atoms with Crippen molar-refractivity contribution in [1.29, 1.82) is 5.41 Å². The van der Waals surface area contributed by atoms with E-state index in [9.17, 15) is 0 Å². The van der Waals surface area contributed by atoms with Crippen molar-refractivity contribution in [2.24, 2.45) is 10.9 Å². The minimum absolute atomic E-state index is 0.0784. The second-order valence-electron chi connectivity index (χ2n) is 5.28. The fourth-order valence-corrected chi connectivity index (χ4v) is 2.52. The SMILES string of the molecule is CC(C)/C=N\c1scc(C(C)(C)C)c1C=N. The van der Waals surface area contributed by atoms with Crippen LogP contribution in [0.1, 0.15) is 45.7 Å². The van der Waals surface area contributed by atoms with Gasteiger partial charge in [0.05, 0.1) is 0 Å². The molecule has 1 N–H and O–H groups in total. The first-order valence-electron chi connectivity index (χ1n) is 5.53. The summed E-state index contributed by atoms with van der Waals surface area (Å²) in [6.07, 6.45) is 3.36. The van der Waals surface area contributed by atoms with Gasteiger partial charge in [0.15, 0.2) is 0 Å². The highest BCUT2D eigenvalue weighted by Gasteiger charge is 2.20. The van der Waals surface area contributed by atoms with Gasteiger partial charge in [-0.3, -0.25) is 0 Å². The lowest BCUT2D eigenvalue weighted by Gasteiger charge is -2.18. The van der Waals surface area contributed by atoms with E-state index in [1.807, 2.05) is 6.21 Å². The zero-order chi connectivity index (χ0) is 12.3. The molecule has 0 aromatic carbocycles. The van der Waals surface area contributed by atoms with Crippen LogP contribution in [0.25, 0.3) is 0 Å². The van der Waals surface area contributed by atoms with Crippen molar-refractivity contribution in [3.63, 3.8) is 0 Å². The van der Waals surface area contributed by atoms with Gasteiger partial charge in [-0.2, -0.15) is 0 Å². The van der Waals surface area contributed by atoms with Crippen LogP contribution in [0.2, 0.25) is 0 Å². The predicted octanol–water partition coefficient (Wildman–Crippen LogP) is 4.40. The second-order valence-corrected chi connectivity index (χ2v) is 6.14. The Morgan fingerprint density at radius 3 is 2.44 bits per heavy atom. The summed E-state index contributed by atoms with van der Waals surface area (Å²) in [6, 6.07) is 0. The fourth-order valence-electron chi connectivity index (χ4n) is 1.39. The molecule has 1 aromatic rings. The van der Waals surface area contributed by atoms with Crippen LogP contribution in [-0.4, -0.2) is 12.4 Å². The van der Waals surface area contributed by atoms with Gasteiger partial charge in [0, 0.05) is 18.0 Å². The average molecular weight is 236 g/mol. The highest BCUT2D eigenvalue weighted by Crippen LogP contribution is 2.36. The maximum absolute atomic E-state index is 7.52. The molecule has 0 saturated carbocycles. The Morgan fingerprint density at radius 2 is 2.00 bits per heavy atom. The summed E-state index contributed by atoms with van der Waals surface area (Å²) in [6.45, 7) is 10.7. The minimum atomic E-state index is 0.0784. The van der Waals surface area contributed by atoms with Crippen molar-refractivity contribution in [3.05, 3.63) is 16.5 Å². The molecule has 0 aliphatic rings. The molecule has 0 aliphatic heterocycles. The Kier molecular flexibility index (Phi) is 4.03. The van der Waals surface area contributed by atoms with E-state index in [0.717, 1.165) is 10.6 Å². The van der Waals surface area contributed by atoms with Crippen LogP contribution in [0.15, 0.2) is 10.4 Å². The quantitative estimate of drug-likeness (QED) is 0.755. The monoisotopic (exact) mass is 236 g/mol. The first kappa shape index (κ1) is 13.1. The maximum atomic E-state index is 7.52. The van der Waals surface area contributed by atoms with Crippen LogP contribution in [-0.2, 0) is 5.41 Å². The van der Waals surface area contributed by atoms with Crippen molar-refractivity contribution in [3.8, 4) is 0 Å². The number of hydrogen-bond acceptors (Lipinski definition) is 3. The topological polar surface area (TPSA) is 36.2 Å². The smallest absolute Gasteiger partial charge is 0.124 e. The fraction of sp³-hybridized carbons (Fsp3) is 0.538. The number of rotatable bonds is 3. The third-order valence-electron chi connectivity index (χ3n) is 2.25. The van der Waals surface area contributed by atoms with E-state index in [2.05, 4.69) is 45.0 Å². The van der Waals surface area contributed by atoms with E-state index < -0.39 is 0 Å². The van der Waals surface area contributed by atoms with Crippen LogP contribution in [0.5, 0.6) is 0 Å². The average Bonchev–Trinajstić information content (AvgIpc) is 2.56. The molecule has 0 bridgehead atoms. The molecule has 16 heavy (non-hydrogen) atoms. The van der Waals surface area contributed by atoms with Crippen molar-refractivity contribution in [2.45, 2.75) is 40.0 Å². The van der Waals surface area contributed by atoms with E-state index in [0.29, 0.717) is 5.92 Å². The van der Waals surface area contributed by atoms with Gasteiger partial charge in [0.1, 0.15) is 5.00 Å². The van der Waals surface area contributed by atoms with Crippen molar-refractivity contribution in [1.82, 2.24) is 0 Å². The molecule has 0 spiro atoms. The number of aliphatic imine (C=N–C) groups is 1. The molecular formula is C13H20N2S. The highest BCUT2D eigenvalue weighted by atomic mass is 32.1. The summed E-state index contributed by atoms with van der Waals surface area (Å²) >= 11 is 1.62. The first-order chi connectivity index (χ1) is 7.36. The number of thiophene rings is 1. The molecule has 88 valence electrons. The number of nitrogens with one attached hydrogen (secondary N) is 1. The molecule has 1 rings (SSSR count). The molecule has 1 heterocycles. The number of hydrogen-bond donors (Lipinski definition) is 1. The van der Waals surface area contributed by atoms with Crippen LogP contribution >= 0.6 is 11.3 Å². The lowest BCUT2D eigenvalue weighted by atomic mass is 9.86. The normalized spacial score (nSPS) is 12.6. The van der Waals surface area contributed by atoms with Crippen molar-refractivity contribution in [2.75, 3.05) is 0 Å². The van der Waals surface area contributed by atoms with Crippen molar-refractivity contribution < 1.29 is 0 Å². The van der Waals surface area contributed by atoms with E-state index >= 15 is 0 Å². The van der Waals surface area contributed by atoms with Crippen molar-refractivity contribution >= 4 is 28.8 Å². The van der Waals surface area contributed by atoms with E-state index in [-0.39, 0.29) is 5.41 Å². The molecule has 0 amide bonds. The summed E-state index contributed by atoms with van der Waals surface area (Å²) in [5.74, 6) is 0.443. The highest BCUT2D eigenvalue weighted by molar-refractivity contribution is 7.14. The van der Waals surface area contributed by atoms with E-state index in [1.54, 1.807) is 11.3 Å². The van der Waals surface area contributed by atoms with Crippen LogP contribution in [0.3, 0.4) is 0 Å². The van der Waals surface area contributed by atoms with Crippen LogP contribution < -0.4 is 0 Å². The Bertz CT molecular complexity index is 395. The molecule has 0 radical (unpaired) electrons. The first-order valence-corrected chi connectivity index (χ1v) is 6.41. The molecule has 0 atom stereocenters. The molecular weight excluding hydrogens is 216 g/mol. The van der Waals surface area contributed by atoms with Gasteiger partial charge >= 0.3 is 0 Å². The summed E-state index contributed by atoms with van der Waals surface area (Å²) in [5, 5.41) is 10.6. The van der Waals surface area contributed by atoms with Gasteiger partial charge < -0.3 is 5.41 Å². The molecule has 3 heteroatoms. The number of nitrogens with zero attached hydrogens (tertiary/aromatic N) is 1. The van der Waals surface area contributed by atoms with Gasteiger partial charge in [-0.15, -0.1) is 11.3 Å².